The predicted octanol–water partition coefficient (Wildman–Crippen LogP) is 3.39. The number of nitrogen functional groups attached to an aromatic ring is 1. The molecule has 140 valence electrons. The molecule has 1 aromatic heterocycles. The van der Waals surface area contributed by atoms with E-state index >= 15 is 0 Å². The Morgan fingerprint density at radius 2 is 1.79 bits per heavy atom. The van der Waals surface area contributed by atoms with E-state index in [0.717, 1.165) is 11.1 Å². The maximum absolute atomic E-state index is 12.2. The number of aryl methyl sites for hydroxylation is 1. The molecule has 3 N–H and O–H groups in total. The molecule has 0 aliphatic carbocycles. The quantitative estimate of drug-likeness (QED) is 0.675. The van der Waals surface area contributed by atoms with Gasteiger partial charge in [0.05, 0.1) is 29.6 Å². The number of benzene rings is 2. The number of hydrogen-bond acceptors (Lipinski definition) is 5. The first-order chi connectivity index (χ1) is 13.4. The van der Waals surface area contributed by atoms with Crippen LogP contribution in [-0.2, 0) is 4.74 Å². The molecule has 0 atom stereocenters. The Labute approximate surface area is 161 Å². The first-order valence-electron chi connectivity index (χ1n) is 8.31. The van der Waals surface area contributed by atoms with Crippen LogP contribution in [0.1, 0.15) is 32.0 Å². The van der Waals surface area contributed by atoms with Crippen LogP contribution in [0.15, 0.2) is 48.7 Å². The van der Waals surface area contributed by atoms with Gasteiger partial charge in [0.15, 0.2) is 5.69 Å². The van der Waals surface area contributed by atoms with E-state index in [1.807, 2.05) is 37.3 Å². The van der Waals surface area contributed by atoms with Gasteiger partial charge in [0, 0.05) is 6.20 Å². The standard InChI is InChI=1S/C21H17N3O4/c1-12-3-5-13(6-4-12)14-7-8-17(16(9-14)20(25)26)24-11-15(10-22)18(23)19(24)21(27)28-2/h3-9,11H,23H2,1-2H3,(H,25,26). The molecule has 0 saturated heterocycles. The average molecular weight is 375 g/mol. The zero-order chi connectivity index (χ0) is 20.4. The SMILES string of the molecule is COC(=O)c1c(N)c(C#N)cn1-c1ccc(-c2ccc(C)cc2)cc1C(=O)O. The van der Waals surface area contributed by atoms with E-state index in [-0.39, 0.29) is 28.2 Å². The Morgan fingerprint density at radius 3 is 2.36 bits per heavy atom. The number of esters is 1. The van der Waals surface area contributed by atoms with E-state index < -0.39 is 11.9 Å². The Morgan fingerprint density at radius 1 is 1.14 bits per heavy atom. The van der Waals surface area contributed by atoms with Gasteiger partial charge in [-0.25, -0.2) is 9.59 Å². The molecular formula is C21H17N3O4. The smallest absolute Gasteiger partial charge is 0.357 e. The lowest BCUT2D eigenvalue weighted by atomic mass is 10.0. The molecule has 0 unspecified atom stereocenters. The number of aromatic nitrogens is 1. The number of ether oxygens (including phenoxy) is 1. The first-order valence-corrected chi connectivity index (χ1v) is 8.31. The minimum Gasteiger partial charge on any atom is -0.478 e. The van der Waals surface area contributed by atoms with Crippen molar-refractivity contribution in [3.8, 4) is 22.9 Å². The summed E-state index contributed by atoms with van der Waals surface area (Å²) in [7, 11) is 1.18. The summed E-state index contributed by atoms with van der Waals surface area (Å²) in [5.41, 5.74) is 8.62. The van der Waals surface area contributed by atoms with Gasteiger partial charge in [-0.05, 0) is 30.2 Å². The van der Waals surface area contributed by atoms with Gasteiger partial charge in [0.1, 0.15) is 6.07 Å². The van der Waals surface area contributed by atoms with Crippen molar-refractivity contribution in [2.45, 2.75) is 6.92 Å². The topological polar surface area (TPSA) is 118 Å². The first kappa shape index (κ1) is 18.7. The Balaban J connectivity index is 2.23. The highest BCUT2D eigenvalue weighted by molar-refractivity contribution is 5.98. The van der Waals surface area contributed by atoms with E-state index in [4.69, 9.17) is 10.5 Å². The van der Waals surface area contributed by atoms with Gasteiger partial charge >= 0.3 is 11.9 Å². The van der Waals surface area contributed by atoms with Crippen molar-refractivity contribution >= 4 is 17.6 Å². The lowest BCUT2D eigenvalue weighted by Crippen LogP contribution is -2.13. The van der Waals surface area contributed by atoms with Gasteiger partial charge in [0.25, 0.3) is 0 Å². The van der Waals surface area contributed by atoms with Crippen LogP contribution in [0.3, 0.4) is 0 Å². The van der Waals surface area contributed by atoms with E-state index in [0.29, 0.717) is 5.56 Å². The van der Waals surface area contributed by atoms with Gasteiger partial charge in [-0.15, -0.1) is 0 Å². The summed E-state index contributed by atoms with van der Waals surface area (Å²) in [6.45, 7) is 1.97. The Bertz CT molecular complexity index is 1120. The molecule has 0 radical (unpaired) electrons. The molecule has 0 aliphatic rings. The summed E-state index contributed by atoms with van der Waals surface area (Å²) < 4.78 is 6.02. The zero-order valence-corrected chi connectivity index (χ0v) is 15.3. The summed E-state index contributed by atoms with van der Waals surface area (Å²) >= 11 is 0. The summed E-state index contributed by atoms with van der Waals surface area (Å²) in [6.07, 6.45) is 1.33. The molecule has 0 bridgehead atoms. The van der Waals surface area contributed by atoms with E-state index in [2.05, 4.69) is 0 Å². The third kappa shape index (κ3) is 3.19. The Hall–Kier alpha value is -4.05. The number of carbonyl (C=O) groups excluding carboxylic acids is 1. The fourth-order valence-corrected chi connectivity index (χ4v) is 2.95. The molecule has 0 spiro atoms. The number of anilines is 1. The third-order valence-corrected chi connectivity index (χ3v) is 4.41. The highest BCUT2D eigenvalue weighted by atomic mass is 16.5. The van der Waals surface area contributed by atoms with Crippen LogP contribution in [0.25, 0.3) is 16.8 Å². The summed E-state index contributed by atoms with van der Waals surface area (Å²) in [5.74, 6) is -1.94. The number of carboxylic acid groups (broad SMARTS) is 1. The number of hydrogen-bond donors (Lipinski definition) is 2. The number of methoxy groups -OCH3 is 1. The lowest BCUT2D eigenvalue weighted by Gasteiger charge is -2.13. The molecule has 28 heavy (non-hydrogen) atoms. The van der Waals surface area contributed by atoms with Crippen molar-refractivity contribution in [1.82, 2.24) is 4.57 Å². The van der Waals surface area contributed by atoms with Gasteiger partial charge in [0.2, 0.25) is 0 Å². The van der Waals surface area contributed by atoms with Crippen molar-refractivity contribution in [3.05, 3.63) is 71.0 Å². The molecule has 0 amide bonds. The van der Waals surface area contributed by atoms with E-state index in [1.165, 1.54) is 23.9 Å². The molecule has 0 aliphatic heterocycles. The number of rotatable bonds is 4. The summed E-state index contributed by atoms with van der Waals surface area (Å²) in [6, 6.07) is 14.4. The maximum atomic E-state index is 12.2. The largest absolute Gasteiger partial charge is 0.478 e. The fraction of sp³-hybridized carbons (Fsp3) is 0.0952. The minimum atomic E-state index is -1.18. The number of nitriles is 1. The number of nitrogens with two attached hydrogens (primary N) is 1. The molecule has 2 aromatic carbocycles. The second kappa shape index (κ2) is 7.29. The van der Waals surface area contributed by atoms with Crippen molar-refractivity contribution in [2.75, 3.05) is 12.8 Å². The lowest BCUT2D eigenvalue weighted by molar-refractivity contribution is 0.0591. The highest BCUT2D eigenvalue weighted by Gasteiger charge is 2.24. The average Bonchev–Trinajstić information content (AvgIpc) is 3.03. The maximum Gasteiger partial charge on any atom is 0.357 e. The molecular weight excluding hydrogens is 358 g/mol. The van der Waals surface area contributed by atoms with Crippen LogP contribution in [0.5, 0.6) is 0 Å². The van der Waals surface area contributed by atoms with Crippen molar-refractivity contribution in [1.29, 1.82) is 5.26 Å². The number of nitrogens with zero attached hydrogens (tertiary/aromatic N) is 2. The number of carbonyl (C=O) groups is 2. The van der Waals surface area contributed by atoms with Crippen LogP contribution in [0.4, 0.5) is 5.69 Å². The van der Waals surface area contributed by atoms with Crippen molar-refractivity contribution in [3.63, 3.8) is 0 Å². The van der Waals surface area contributed by atoms with Crippen molar-refractivity contribution < 1.29 is 19.4 Å². The molecule has 3 rings (SSSR count). The van der Waals surface area contributed by atoms with E-state index in [1.54, 1.807) is 12.1 Å². The second-order valence-corrected chi connectivity index (χ2v) is 6.18. The highest BCUT2D eigenvalue weighted by Crippen LogP contribution is 2.30. The fourth-order valence-electron chi connectivity index (χ4n) is 2.95. The van der Waals surface area contributed by atoms with Gasteiger partial charge in [-0.3, -0.25) is 0 Å². The van der Waals surface area contributed by atoms with E-state index in [9.17, 15) is 20.0 Å². The summed E-state index contributed by atoms with van der Waals surface area (Å²) in [5, 5.41) is 19.0. The van der Waals surface area contributed by atoms with Crippen LogP contribution < -0.4 is 5.73 Å². The normalized spacial score (nSPS) is 10.3. The molecule has 7 heteroatoms. The zero-order valence-electron chi connectivity index (χ0n) is 15.3. The predicted molar refractivity (Wildman–Crippen MR) is 103 cm³/mol. The van der Waals surface area contributed by atoms with Crippen LogP contribution >= 0.6 is 0 Å². The van der Waals surface area contributed by atoms with Gasteiger partial charge in [-0.2, -0.15) is 5.26 Å². The van der Waals surface area contributed by atoms with Gasteiger partial charge in [-0.1, -0.05) is 35.9 Å². The molecule has 7 nitrogen and oxygen atoms in total. The van der Waals surface area contributed by atoms with Crippen LogP contribution in [0.2, 0.25) is 0 Å². The number of carboxylic acids is 1. The number of aromatic carboxylic acids is 1. The summed E-state index contributed by atoms with van der Waals surface area (Å²) in [4.78, 5) is 24.1. The molecule has 0 fully saturated rings. The molecule has 1 heterocycles. The second-order valence-electron chi connectivity index (χ2n) is 6.18. The monoisotopic (exact) mass is 375 g/mol. The third-order valence-electron chi connectivity index (χ3n) is 4.41. The Kier molecular flexibility index (Phi) is 4.88. The van der Waals surface area contributed by atoms with Crippen molar-refractivity contribution in [2.24, 2.45) is 0 Å². The minimum absolute atomic E-state index is 0.0392. The molecule has 0 saturated carbocycles. The van der Waals surface area contributed by atoms with Gasteiger partial charge < -0.3 is 20.1 Å². The molecule has 3 aromatic rings. The van der Waals surface area contributed by atoms with Crippen LogP contribution in [0, 0.1) is 18.3 Å². The van der Waals surface area contributed by atoms with Crippen LogP contribution in [-0.4, -0.2) is 28.7 Å².